The van der Waals surface area contributed by atoms with E-state index in [2.05, 4.69) is 15.2 Å². The predicted octanol–water partition coefficient (Wildman–Crippen LogP) is 0.977. The first-order valence-corrected chi connectivity index (χ1v) is 6.56. The molecule has 8 heteroatoms. The fourth-order valence-electron chi connectivity index (χ4n) is 1.52. The standard InChI is InChI=1S/C11H12N4O3S/c1-2-15-10(18)13-14-11(15)19-6-7-3-4-12-8(5-7)9(16)17/h3-5H,2,6H2,1H3,(H,13,18)(H,16,17). The average molecular weight is 280 g/mol. The van der Waals surface area contributed by atoms with Gasteiger partial charge < -0.3 is 5.11 Å². The van der Waals surface area contributed by atoms with Crippen LogP contribution < -0.4 is 5.69 Å². The number of aromatic carboxylic acids is 1. The third kappa shape index (κ3) is 3.02. The van der Waals surface area contributed by atoms with Crippen LogP contribution in [0.4, 0.5) is 0 Å². The Balaban J connectivity index is 2.12. The van der Waals surface area contributed by atoms with Crippen LogP contribution in [0.5, 0.6) is 0 Å². The molecule has 2 aromatic heterocycles. The first kappa shape index (κ1) is 13.3. The molecule has 0 aromatic carbocycles. The van der Waals surface area contributed by atoms with Crippen molar-refractivity contribution in [1.82, 2.24) is 19.7 Å². The SMILES string of the molecule is CCn1c(SCc2ccnc(C(=O)O)c2)n[nH]c1=O. The topological polar surface area (TPSA) is 101 Å². The van der Waals surface area contributed by atoms with Crippen molar-refractivity contribution in [3.05, 3.63) is 40.1 Å². The summed E-state index contributed by atoms with van der Waals surface area (Å²) in [5, 5.41) is 15.7. The van der Waals surface area contributed by atoms with Crippen LogP contribution in [0.1, 0.15) is 23.0 Å². The maximum absolute atomic E-state index is 11.4. The van der Waals surface area contributed by atoms with Crippen molar-refractivity contribution in [1.29, 1.82) is 0 Å². The minimum absolute atomic E-state index is 0.00742. The highest BCUT2D eigenvalue weighted by Crippen LogP contribution is 2.19. The van der Waals surface area contributed by atoms with E-state index in [0.717, 1.165) is 5.56 Å². The molecule has 100 valence electrons. The van der Waals surface area contributed by atoms with Gasteiger partial charge in [-0.05, 0) is 24.6 Å². The van der Waals surface area contributed by atoms with E-state index in [1.165, 1.54) is 28.6 Å². The number of carboxylic acid groups (broad SMARTS) is 1. The number of aromatic nitrogens is 4. The highest BCUT2D eigenvalue weighted by atomic mass is 32.2. The minimum atomic E-state index is -1.06. The first-order chi connectivity index (χ1) is 9.11. The van der Waals surface area contributed by atoms with Crippen LogP contribution in [0, 0.1) is 0 Å². The summed E-state index contributed by atoms with van der Waals surface area (Å²) >= 11 is 1.37. The molecule has 0 atom stereocenters. The molecular weight excluding hydrogens is 268 g/mol. The van der Waals surface area contributed by atoms with Crippen molar-refractivity contribution in [2.75, 3.05) is 0 Å². The van der Waals surface area contributed by atoms with E-state index in [9.17, 15) is 9.59 Å². The van der Waals surface area contributed by atoms with Gasteiger partial charge in [-0.15, -0.1) is 5.10 Å². The second-order valence-electron chi connectivity index (χ2n) is 3.70. The third-order valence-electron chi connectivity index (χ3n) is 2.45. The zero-order valence-corrected chi connectivity index (χ0v) is 11.0. The summed E-state index contributed by atoms with van der Waals surface area (Å²) in [7, 11) is 0. The summed E-state index contributed by atoms with van der Waals surface area (Å²) in [5.74, 6) is -0.537. The van der Waals surface area contributed by atoms with Crippen LogP contribution in [-0.4, -0.2) is 30.8 Å². The van der Waals surface area contributed by atoms with Gasteiger partial charge in [0.25, 0.3) is 0 Å². The lowest BCUT2D eigenvalue weighted by Crippen LogP contribution is -2.16. The van der Waals surface area contributed by atoms with Gasteiger partial charge in [-0.1, -0.05) is 11.8 Å². The Hall–Kier alpha value is -2.09. The highest BCUT2D eigenvalue weighted by Gasteiger charge is 2.09. The Bertz CT molecular complexity index is 649. The average Bonchev–Trinajstić information content (AvgIpc) is 2.77. The maximum Gasteiger partial charge on any atom is 0.354 e. The zero-order valence-electron chi connectivity index (χ0n) is 10.2. The van der Waals surface area contributed by atoms with Crippen molar-refractivity contribution in [3.63, 3.8) is 0 Å². The number of nitrogens with zero attached hydrogens (tertiary/aromatic N) is 3. The maximum atomic E-state index is 11.4. The number of aromatic amines is 1. The lowest BCUT2D eigenvalue weighted by molar-refractivity contribution is 0.0690. The van der Waals surface area contributed by atoms with E-state index in [0.29, 0.717) is 17.5 Å². The van der Waals surface area contributed by atoms with Crippen molar-refractivity contribution >= 4 is 17.7 Å². The van der Waals surface area contributed by atoms with Crippen LogP contribution in [0.25, 0.3) is 0 Å². The number of H-pyrrole nitrogens is 1. The molecule has 7 nitrogen and oxygen atoms in total. The van der Waals surface area contributed by atoms with E-state index < -0.39 is 5.97 Å². The van der Waals surface area contributed by atoms with Gasteiger partial charge in [-0.25, -0.2) is 19.7 Å². The molecule has 2 rings (SSSR count). The lowest BCUT2D eigenvalue weighted by Gasteiger charge is -2.03. The Morgan fingerprint density at radius 2 is 2.37 bits per heavy atom. The van der Waals surface area contributed by atoms with Crippen LogP contribution in [0.3, 0.4) is 0 Å². The molecule has 0 bridgehead atoms. The molecule has 0 spiro atoms. The van der Waals surface area contributed by atoms with Gasteiger partial charge in [-0.3, -0.25) is 4.57 Å². The van der Waals surface area contributed by atoms with E-state index in [1.807, 2.05) is 6.92 Å². The Kier molecular flexibility index (Phi) is 4.00. The first-order valence-electron chi connectivity index (χ1n) is 5.58. The van der Waals surface area contributed by atoms with Gasteiger partial charge in [0.05, 0.1) is 0 Å². The number of thioether (sulfide) groups is 1. The number of nitrogens with one attached hydrogen (secondary N) is 1. The monoisotopic (exact) mass is 280 g/mol. The Labute approximate surface area is 112 Å². The van der Waals surface area contributed by atoms with Gasteiger partial charge in [0.1, 0.15) is 5.69 Å². The molecule has 2 aromatic rings. The predicted molar refractivity (Wildman–Crippen MR) is 69.3 cm³/mol. The van der Waals surface area contributed by atoms with Crippen LogP contribution in [-0.2, 0) is 12.3 Å². The van der Waals surface area contributed by atoms with E-state index in [4.69, 9.17) is 5.11 Å². The van der Waals surface area contributed by atoms with Gasteiger partial charge >= 0.3 is 11.7 Å². The quantitative estimate of drug-likeness (QED) is 0.792. The third-order valence-corrected chi connectivity index (χ3v) is 3.50. The molecular formula is C11H12N4O3S. The van der Waals surface area contributed by atoms with Gasteiger partial charge in [0, 0.05) is 18.5 Å². The number of carbonyl (C=O) groups is 1. The second kappa shape index (κ2) is 5.70. The molecule has 2 N–H and O–H groups in total. The smallest absolute Gasteiger partial charge is 0.354 e. The summed E-state index contributed by atoms with van der Waals surface area (Å²) in [6.45, 7) is 2.39. The zero-order chi connectivity index (χ0) is 13.8. The molecule has 0 aliphatic heterocycles. The molecule has 0 saturated heterocycles. The second-order valence-corrected chi connectivity index (χ2v) is 4.64. The van der Waals surface area contributed by atoms with Crippen molar-refractivity contribution < 1.29 is 9.90 Å². The Morgan fingerprint density at radius 3 is 3.05 bits per heavy atom. The number of carboxylic acids is 1. The summed E-state index contributed by atoms with van der Waals surface area (Å²) in [6, 6.07) is 3.25. The number of hydrogen-bond acceptors (Lipinski definition) is 5. The van der Waals surface area contributed by atoms with Crippen LogP contribution >= 0.6 is 11.8 Å². The van der Waals surface area contributed by atoms with Gasteiger partial charge in [0.2, 0.25) is 0 Å². The van der Waals surface area contributed by atoms with E-state index >= 15 is 0 Å². The van der Waals surface area contributed by atoms with Crippen LogP contribution in [0.15, 0.2) is 28.3 Å². The van der Waals surface area contributed by atoms with E-state index in [1.54, 1.807) is 6.07 Å². The van der Waals surface area contributed by atoms with Crippen LogP contribution in [0.2, 0.25) is 0 Å². The van der Waals surface area contributed by atoms with Gasteiger partial charge in [0.15, 0.2) is 5.16 Å². The highest BCUT2D eigenvalue weighted by molar-refractivity contribution is 7.98. The molecule has 0 unspecified atom stereocenters. The number of rotatable bonds is 5. The number of hydrogen-bond donors (Lipinski definition) is 2. The summed E-state index contributed by atoms with van der Waals surface area (Å²) in [4.78, 5) is 25.9. The van der Waals surface area contributed by atoms with Gasteiger partial charge in [-0.2, -0.15) is 0 Å². The lowest BCUT2D eigenvalue weighted by atomic mass is 10.2. The largest absolute Gasteiger partial charge is 0.477 e. The molecule has 2 heterocycles. The molecule has 0 fully saturated rings. The number of pyridine rings is 1. The fraction of sp³-hybridized carbons (Fsp3) is 0.273. The summed E-state index contributed by atoms with van der Waals surface area (Å²) < 4.78 is 1.52. The normalized spacial score (nSPS) is 10.6. The van der Waals surface area contributed by atoms with E-state index in [-0.39, 0.29) is 11.4 Å². The molecule has 0 aliphatic carbocycles. The van der Waals surface area contributed by atoms with Crippen molar-refractivity contribution in [2.24, 2.45) is 0 Å². The van der Waals surface area contributed by atoms with Crippen molar-refractivity contribution in [2.45, 2.75) is 24.4 Å². The minimum Gasteiger partial charge on any atom is -0.477 e. The summed E-state index contributed by atoms with van der Waals surface area (Å²) in [6.07, 6.45) is 1.46. The molecule has 19 heavy (non-hydrogen) atoms. The fourth-order valence-corrected chi connectivity index (χ4v) is 2.47. The molecule has 0 amide bonds. The molecule has 0 radical (unpaired) electrons. The molecule has 0 saturated carbocycles. The van der Waals surface area contributed by atoms with Crippen molar-refractivity contribution in [3.8, 4) is 0 Å². The molecule has 0 aliphatic rings. The Morgan fingerprint density at radius 1 is 1.58 bits per heavy atom. The summed E-state index contributed by atoms with van der Waals surface area (Å²) in [5.41, 5.74) is 0.578.